The number of rotatable bonds is 9. The quantitative estimate of drug-likeness (QED) is 0.453. The van der Waals surface area contributed by atoms with E-state index in [4.69, 9.17) is 18.3 Å². The molecule has 0 saturated carbocycles. The molecule has 1 aliphatic heterocycles. The van der Waals surface area contributed by atoms with Crippen molar-refractivity contribution in [3.05, 3.63) is 71.8 Å². The highest BCUT2D eigenvalue weighted by Gasteiger charge is 2.37. The smallest absolute Gasteiger partial charge is 0.444 e. The zero-order valence-corrected chi connectivity index (χ0v) is 19.8. The third-order valence-electron chi connectivity index (χ3n) is 4.79. The van der Waals surface area contributed by atoms with Crippen molar-refractivity contribution in [3.63, 3.8) is 0 Å². The van der Waals surface area contributed by atoms with Gasteiger partial charge in [-0.25, -0.2) is 9.36 Å². The number of carbonyl (C=O) groups is 1. The fraction of sp³-hybridized carbons (Fsp3) is 0.458. The lowest BCUT2D eigenvalue weighted by Gasteiger charge is -2.25. The van der Waals surface area contributed by atoms with Gasteiger partial charge in [-0.05, 0) is 44.7 Å². The van der Waals surface area contributed by atoms with Crippen molar-refractivity contribution in [1.82, 2.24) is 4.90 Å². The molecule has 0 bridgehead atoms. The molecule has 0 aromatic heterocycles. The number of likely N-dealkylation sites (tertiary alicyclic amines) is 1. The van der Waals surface area contributed by atoms with Crippen molar-refractivity contribution in [3.8, 4) is 0 Å². The van der Waals surface area contributed by atoms with Crippen molar-refractivity contribution in [1.29, 1.82) is 0 Å². The average molecular weight is 461 g/mol. The lowest BCUT2D eigenvalue weighted by Crippen LogP contribution is -2.36. The highest BCUT2D eigenvalue weighted by Crippen LogP contribution is 2.52. The van der Waals surface area contributed by atoms with Crippen molar-refractivity contribution in [2.24, 2.45) is 0 Å². The molecule has 32 heavy (non-hydrogen) atoms. The summed E-state index contributed by atoms with van der Waals surface area (Å²) in [5, 5.41) is 0. The van der Waals surface area contributed by atoms with Crippen LogP contribution in [0.3, 0.4) is 0 Å². The minimum atomic E-state index is -3.85. The predicted molar refractivity (Wildman–Crippen MR) is 122 cm³/mol. The summed E-state index contributed by atoms with van der Waals surface area (Å²) >= 11 is 0. The van der Waals surface area contributed by atoms with Gasteiger partial charge < -0.3 is 9.64 Å². The number of hydrogen-bond donors (Lipinski definition) is 0. The molecule has 2 atom stereocenters. The highest BCUT2D eigenvalue weighted by atomic mass is 31.2. The molecule has 2 aromatic carbocycles. The van der Waals surface area contributed by atoms with Crippen LogP contribution in [0.25, 0.3) is 0 Å². The van der Waals surface area contributed by atoms with E-state index in [-0.39, 0.29) is 19.8 Å². The molecule has 0 N–H and O–H groups in total. The molecule has 1 aliphatic rings. The van der Waals surface area contributed by atoms with Gasteiger partial charge in [0, 0.05) is 6.54 Å². The van der Waals surface area contributed by atoms with Crippen LogP contribution in [0.15, 0.2) is 60.7 Å². The van der Waals surface area contributed by atoms with Crippen molar-refractivity contribution >= 4 is 13.9 Å². The first kappa shape index (κ1) is 24.5. The molecule has 1 saturated heterocycles. The van der Waals surface area contributed by atoms with Crippen LogP contribution in [-0.2, 0) is 35.9 Å². The zero-order chi connectivity index (χ0) is 23.0. The number of amides is 1. The van der Waals surface area contributed by atoms with Crippen molar-refractivity contribution in [2.75, 3.05) is 19.7 Å². The van der Waals surface area contributed by atoms with Gasteiger partial charge in [-0.15, -0.1) is 0 Å². The summed E-state index contributed by atoms with van der Waals surface area (Å²) in [6.07, 6.45) is 0.242. The van der Waals surface area contributed by atoms with Gasteiger partial charge in [0.15, 0.2) is 0 Å². The standard InChI is InChI=1S/C24H32NO6P/c1-24(2,3)30-23(26)25-16-14-22(18-25)31-32(27,29-19-21-12-8-5-9-13-21)28-17-15-20-10-6-4-7-11-20/h4-13,22H,14-19H2,1-3H3/t22-,32?/m1/s1. The van der Waals surface area contributed by atoms with E-state index in [9.17, 15) is 9.36 Å². The Hall–Kier alpha value is -2.18. The van der Waals surface area contributed by atoms with Crippen LogP contribution in [0.5, 0.6) is 0 Å². The molecular weight excluding hydrogens is 429 g/mol. The number of ether oxygens (including phenoxy) is 1. The Morgan fingerprint density at radius 1 is 1.00 bits per heavy atom. The highest BCUT2D eigenvalue weighted by molar-refractivity contribution is 7.48. The topological polar surface area (TPSA) is 74.3 Å². The van der Waals surface area contributed by atoms with Crippen LogP contribution < -0.4 is 0 Å². The molecule has 7 nitrogen and oxygen atoms in total. The van der Waals surface area contributed by atoms with E-state index in [1.807, 2.05) is 81.4 Å². The first-order valence-electron chi connectivity index (χ1n) is 10.9. The van der Waals surface area contributed by atoms with E-state index in [2.05, 4.69) is 0 Å². The average Bonchev–Trinajstić information content (AvgIpc) is 3.21. The molecule has 1 amide bonds. The molecule has 0 radical (unpaired) electrons. The van der Waals surface area contributed by atoms with E-state index in [1.54, 1.807) is 4.90 Å². The Bertz CT molecular complexity index is 900. The second-order valence-corrected chi connectivity index (χ2v) is 10.3. The van der Waals surface area contributed by atoms with E-state index in [0.717, 1.165) is 11.1 Å². The molecule has 0 aliphatic carbocycles. The van der Waals surface area contributed by atoms with Gasteiger partial charge in [0.2, 0.25) is 0 Å². The summed E-state index contributed by atoms with van der Waals surface area (Å²) in [5.74, 6) is 0. The number of phosphoric ester groups is 1. The monoisotopic (exact) mass is 461 g/mol. The van der Waals surface area contributed by atoms with Crippen molar-refractivity contribution < 1.29 is 27.7 Å². The van der Waals surface area contributed by atoms with Crippen LogP contribution in [0, 0.1) is 0 Å². The summed E-state index contributed by atoms with van der Waals surface area (Å²) in [6.45, 7) is 6.49. The summed E-state index contributed by atoms with van der Waals surface area (Å²) < 4.78 is 36.0. The zero-order valence-electron chi connectivity index (χ0n) is 18.9. The minimum absolute atomic E-state index is 0.103. The first-order chi connectivity index (χ1) is 15.2. The second-order valence-electron chi connectivity index (χ2n) is 8.72. The van der Waals surface area contributed by atoms with Crippen molar-refractivity contribution in [2.45, 2.75) is 51.9 Å². The van der Waals surface area contributed by atoms with Gasteiger partial charge >= 0.3 is 13.9 Å². The molecule has 1 unspecified atom stereocenters. The number of phosphoric acid groups is 1. The SMILES string of the molecule is CC(C)(C)OC(=O)N1CC[C@@H](OP(=O)(OCCc2ccccc2)OCc2ccccc2)C1. The van der Waals surface area contributed by atoms with Crippen LogP contribution in [0.2, 0.25) is 0 Å². The molecule has 1 heterocycles. The molecule has 174 valence electrons. The van der Waals surface area contributed by atoms with Gasteiger partial charge in [0.1, 0.15) is 5.60 Å². The molecule has 1 fully saturated rings. The second kappa shape index (κ2) is 11.1. The van der Waals surface area contributed by atoms with E-state index in [1.165, 1.54) is 0 Å². The fourth-order valence-corrected chi connectivity index (χ4v) is 4.59. The Kier molecular flexibility index (Phi) is 8.49. The van der Waals surface area contributed by atoms with Gasteiger partial charge in [0.05, 0.1) is 25.9 Å². The van der Waals surface area contributed by atoms with Crippen LogP contribution in [-0.4, -0.2) is 42.4 Å². The van der Waals surface area contributed by atoms with E-state index >= 15 is 0 Å². The Morgan fingerprint density at radius 2 is 1.62 bits per heavy atom. The largest absolute Gasteiger partial charge is 0.475 e. The third-order valence-corrected chi connectivity index (χ3v) is 6.29. The fourth-order valence-electron chi connectivity index (χ4n) is 3.24. The number of hydrogen-bond acceptors (Lipinski definition) is 6. The Morgan fingerprint density at radius 3 is 2.25 bits per heavy atom. The molecule has 8 heteroatoms. The first-order valence-corrected chi connectivity index (χ1v) is 12.3. The molecule has 3 rings (SSSR count). The van der Waals surface area contributed by atoms with E-state index in [0.29, 0.717) is 19.4 Å². The maximum atomic E-state index is 13.4. The summed E-state index contributed by atoms with van der Waals surface area (Å²) in [4.78, 5) is 13.9. The molecule has 2 aromatic rings. The summed E-state index contributed by atoms with van der Waals surface area (Å²) in [6, 6.07) is 19.2. The third kappa shape index (κ3) is 8.06. The number of benzene rings is 2. The van der Waals surface area contributed by atoms with E-state index < -0.39 is 25.6 Å². The normalized spacial score (nSPS) is 18.3. The summed E-state index contributed by atoms with van der Waals surface area (Å²) in [5.41, 5.74) is 1.36. The lowest BCUT2D eigenvalue weighted by atomic mass is 10.2. The maximum absolute atomic E-state index is 13.4. The molecule has 0 spiro atoms. The lowest BCUT2D eigenvalue weighted by molar-refractivity contribution is 0.0253. The summed E-state index contributed by atoms with van der Waals surface area (Å²) in [7, 11) is -3.85. The van der Waals surface area contributed by atoms with Crippen LogP contribution in [0.4, 0.5) is 4.79 Å². The van der Waals surface area contributed by atoms with Gasteiger partial charge in [0.25, 0.3) is 0 Å². The number of carbonyl (C=O) groups excluding carboxylic acids is 1. The number of nitrogens with zero attached hydrogens (tertiary/aromatic N) is 1. The minimum Gasteiger partial charge on any atom is -0.444 e. The van der Waals surface area contributed by atoms with Gasteiger partial charge in [-0.3, -0.25) is 13.6 Å². The van der Waals surface area contributed by atoms with Crippen LogP contribution >= 0.6 is 7.82 Å². The Balaban J connectivity index is 1.59. The van der Waals surface area contributed by atoms with Crippen LogP contribution in [0.1, 0.15) is 38.3 Å². The Labute approximate surface area is 190 Å². The van der Waals surface area contributed by atoms with Gasteiger partial charge in [-0.1, -0.05) is 60.7 Å². The molecular formula is C24H32NO6P. The maximum Gasteiger partial charge on any atom is 0.475 e. The predicted octanol–water partition coefficient (Wildman–Crippen LogP) is 5.60. The van der Waals surface area contributed by atoms with Gasteiger partial charge in [-0.2, -0.15) is 0 Å².